The fourth-order valence-electron chi connectivity index (χ4n) is 3.79. The van der Waals surface area contributed by atoms with Crippen LogP contribution in [-0.4, -0.2) is 41.8 Å². The van der Waals surface area contributed by atoms with Crippen molar-refractivity contribution in [2.24, 2.45) is 5.92 Å². The molecule has 1 unspecified atom stereocenters. The number of fused-ring (bicyclic) bond motifs is 1. The number of nitrogens with one attached hydrogen (secondary N) is 2. The molecule has 0 aromatic carbocycles. The number of hydrogen-bond acceptors (Lipinski definition) is 5. The smallest absolute Gasteiger partial charge is 0.268 e. The number of sulfonamides is 1. The summed E-state index contributed by atoms with van der Waals surface area (Å²) in [4.78, 5) is 23.7. The number of carbonyl (C=O) groups excluding carboxylic acids is 2. The van der Waals surface area contributed by atoms with Crippen LogP contribution in [0.4, 0.5) is 0 Å². The maximum atomic E-state index is 12.6. The molecule has 2 aliphatic rings. The molecule has 0 radical (unpaired) electrons. The van der Waals surface area contributed by atoms with Crippen LogP contribution in [0.2, 0.25) is 0 Å². The molecular formula is C17H26N4O4S. The first-order chi connectivity index (χ1) is 12.4. The van der Waals surface area contributed by atoms with Crippen LogP contribution in [-0.2, 0) is 27.8 Å². The highest BCUT2D eigenvalue weighted by Gasteiger charge is 2.31. The number of amides is 2. The van der Waals surface area contributed by atoms with E-state index < -0.39 is 21.2 Å². The van der Waals surface area contributed by atoms with Gasteiger partial charge >= 0.3 is 0 Å². The van der Waals surface area contributed by atoms with Crippen molar-refractivity contribution in [2.45, 2.75) is 63.7 Å². The Hall–Kier alpha value is -1.90. The lowest BCUT2D eigenvalue weighted by Gasteiger charge is -2.24. The van der Waals surface area contributed by atoms with Crippen LogP contribution in [0.3, 0.4) is 0 Å². The zero-order valence-corrected chi connectivity index (χ0v) is 15.8. The molecule has 1 aliphatic heterocycles. The highest BCUT2D eigenvalue weighted by Crippen LogP contribution is 2.25. The maximum absolute atomic E-state index is 12.6. The monoisotopic (exact) mass is 382 g/mol. The number of carbonyl (C=O) groups is 2. The highest BCUT2D eigenvalue weighted by molar-refractivity contribution is 7.90. The normalized spacial score (nSPS) is 21.0. The first kappa shape index (κ1) is 18.9. The lowest BCUT2D eigenvalue weighted by atomic mass is 9.94. The van der Waals surface area contributed by atoms with E-state index in [1.54, 1.807) is 4.68 Å². The van der Waals surface area contributed by atoms with E-state index >= 15 is 0 Å². The van der Waals surface area contributed by atoms with E-state index in [9.17, 15) is 18.0 Å². The summed E-state index contributed by atoms with van der Waals surface area (Å²) >= 11 is 0. The van der Waals surface area contributed by atoms with Crippen LogP contribution in [0.25, 0.3) is 0 Å². The number of aromatic nitrogens is 2. The van der Waals surface area contributed by atoms with Gasteiger partial charge in [-0.3, -0.25) is 14.3 Å². The Kier molecular flexibility index (Phi) is 5.64. The zero-order chi connectivity index (χ0) is 18.7. The second kappa shape index (κ2) is 7.77. The summed E-state index contributed by atoms with van der Waals surface area (Å²) in [6.07, 6.45) is 6.92. The van der Waals surface area contributed by atoms with Gasteiger partial charge in [-0.1, -0.05) is 19.3 Å². The van der Waals surface area contributed by atoms with Gasteiger partial charge in [-0.25, -0.2) is 13.1 Å². The molecule has 1 aliphatic carbocycles. The first-order valence-corrected chi connectivity index (χ1v) is 10.8. The third-order valence-corrected chi connectivity index (χ3v) is 7.11. The van der Waals surface area contributed by atoms with Gasteiger partial charge in [-0.2, -0.15) is 5.10 Å². The van der Waals surface area contributed by atoms with Gasteiger partial charge in [-0.05, 0) is 31.6 Å². The van der Waals surface area contributed by atoms with E-state index in [-0.39, 0.29) is 11.8 Å². The molecule has 1 fully saturated rings. The van der Waals surface area contributed by atoms with E-state index in [0.717, 1.165) is 31.4 Å². The topological polar surface area (TPSA) is 110 Å². The average molecular weight is 382 g/mol. The van der Waals surface area contributed by atoms with Crippen molar-refractivity contribution in [3.05, 3.63) is 17.5 Å². The molecule has 2 amide bonds. The van der Waals surface area contributed by atoms with Crippen molar-refractivity contribution in [3.8, 4) is 0 Å². The molecule has 3 rings (SSSR count). The molecule has 0 spiro atoms. The van der Waals surface area contributed by atoms with E-state index in [4.69, 9.17) is 0 Å². The van der Waals surface area contributed by atoms with Gasteiger partial charge in [0.25, 0.3) is 5.91 Å². The summed E-state index contributed by atoms with van der Waals surface area (Å²) in [5.41, 5.74) is 1.06. The largest absolute Gasteiger partial charge is 0.356 e. The number of aryl methyl sites for hydroxylation is 1. The Labute approximate surface area is 153 Å². The third kappa shape index (κ3) is 4.25. The van der Waals surface area contributed by atoms with Crippen molar-refractivity contribution >= 4 is 21.8 Å². The summed E-state index contributed by atoms with van der Waals surface area (Å²) in [5, 5.41) is 6.54. The van der Waals surface area contributed by atoms with E-state index in [2.05, 4.69) is 15.1 Å². The Balaban J connectivity index is 1.69. The zero-order valence-electron chi connectivity index (χ0n) is 15.0. The fourth-order valence-corrected chi connectivity index (χ4v) is 5.28. The predicted octanol–water partition coefficient (Wildman–Crippen LogP) is 0.974. The van der Waals surface area contributed by atoms with Crippen LogP contribution in [0.1, 0.15) is 61.5 Å². The molecule has 2 N–H and O–H groups in total. The molecule has 8 nitrogen and oxygen atoms in total. The van der Waals surface area contributed by atoms with E-state index in [0.29, 0.717) is 37.9 Å². The molecule has 26 heavy (non-hydrogen) atoms. The van der Waals surface area contributed by atoms with Crippen molar-refractivity contribution in [1.29, 1.82) is 0 Å². The Bertz CT molecular complexity index is 781. The van der Waals surface area contributed by atoms with Crippen molar-refractivity contribution in [2.75, 3.05) is 6.54 Å². The minimum atomic E-state index is -3.66. The molecule has 1 atom stereocenters. The van der Waals surface area contributed by atoms with E-state index in [1.807, 2.05) is 0 Å². The molecule has 9 heteroatoms. The van der Waals surface area contributed by atoms with Gasteiger partial charge in [0.05, 0.1) is 22.7 Å². The fraction of sp³-hybridized carbons (Fsp3) is 0.706. The van der Waals surface area contributed by atoms with Crippen molar-refractivity contribution < 1.29 is 18.0 Å². The molecule has 2 heterocycles. The molecule has 1 aromatic heterocycles. The van der Waals surface area contributed by atoms with Crippen LogP contribution < -0.4 is 10.0 Å². The van der Waals surface area contributed by atoms with Gasteiger partial charge in [0.15, 0.2) is 0 Å². The Morgan fingerprint density at radius 3 is 2.65 bits per heavy atom. The number of hydrogen-bond donors (Lipinski definition) is 2. The van der Waals surface area contributed by atoms with Crippen molar-refractivity contribution in [3.63, 3.8) is 0 Å². The van der Waals surface area contributed by atoms with Gasteiger partial charge in [0, 0.05) is 20.0 Å². The van der Waals surface area contributed by atoms with Crippen LogP contribution in [0, 0.1) is 5.92 Å². The molecule has 144 valence electrons. The highest BCUT2D eigenvalue weighted by atomic mass is 32.2. The number of nitrogens with zero attached hydrogens (tertiary/aromatic N) is 2. The summed E-state index contributed by atoms with van der Waals surface area (Å²) in [5.74, 6) is -0.470. The van der Waals surface area contributed by atoms with Crippen LogP contribution in [0.15, 0.2) is 6.20 Å². The lowest BCUT2D eigenvalue weighted by Crippen LogP contribution is -2.40. The average Bonchev–Trinajstić information content (AvgIpc) is 3.03. The molecule has 0 bridgehead atoms. The number of rotatable bonds is 5. The minimum Gasteiger partial charge on any atom is -0.356 e. The van der Waals surface area contributed by atoms with E-state index in [1.165, 1.54) is 13.1 Å². The summed E-state index contributed by atoms with van der Waals surface area (Å²) in [6.45, 7) is 2.67. The second-order valence-electron chi connectivity index (χ2n) is 7.26. The van der Waals surface area contributed by atoms with Gasteiger partial charge in [0.1, 0.15) is 0 Å². The summed E-state index contributed by atoms with van der Waals surface area (Å²) in [7, 11) is -3.66. The second-order valence-corrected chi connectivity index (χ2v) is 9.22. The molecular weight excluding hydrogens is 356 g/mol. The molecule has 1 saturated carbocycles. The predicted molar refractivity (Wildman–Crippen MR) is 96.0 cm³/mol. The quantitative estimate of drug-likeness (QED) is 0.789. The molecule has 0 saturated heterocycles. The van der Waals surface area contributed by atoms with Crippen LogP contribution in [0.5, 0.6) is 0 Å². The lowest BCUT2D eigenvalue weighted by molar-refractivity contribution is -0.119. The summed E-state index contributed by atoms with van der Waals surface area (Å²) in [6, 6.07) is 0. The molecule has 1 aromatic rings. The maximum Gasteiger partial charge on any atom is 0.268 e. The van der Waals surface area contributed by atoms with Gasteiger partial charge in [0.2, 0.25) is 15.9 Å². The standard InChI is InChI=1S/C17H26N4O4S/c1-12(22)18-10-13-7-8-21-16(9-13)15(11-19-21)17(23)20-26(24,25)14-5-3-2-4-6-14/h11,13-14H,2-10H2,1H3,(H,18,22)(H,20,23). The first-order valence-electron chi connectivity index (χ1n) is 9.22. The Morgan fingerprint density at radius 2 is 1.96 bits per heavy atom. The van der Waals surface area contributed by atoms with Crippen LogP contribution >= 0.6 is 0 Å². The van der Waals surface area contributed by atoms with Crippen molar-refractivity contribution in [1.82, 2.24) is 19.8 Å². The SMILES string of the molecule is CC(=O)NCC1CCn2ncc(C(=O)NS(=O)(=O)C3CCCCC3)c2C1. The Morgan fingerprint density at radius 1 is 1.23 bits per heavy atom. The summed E-state index contributed by atoms with van der Waals surface area (Å²) < 4.78 is 29.0. The third-order valence-electron chi connectivity index (χ3n) is 5.29. The minimum absolute atomic E-state index is 0.0828. The van der Waals surface area contributed by atoms with Gasteiger partial charge in [-0.15, -0.1) is 0 Å². The van der Waals surface area contributed by atoms with Gasteiger partial charge < -0.3 is 5.32 Å².